The largest absolute Gasteiger partial charge is 0.469 e. The van der Waals surface area contributed by atoms with Gasteiger partial charge in [0.2, 0.25) is 5.91 Å². The van der Waals surface area contributed by atoms with Gasteiger partial charge in [0.15, 0.2) is 11.0 Å². The van der Waals surface area contributed by atoms with Crippen molar-refractivity contribution in [2.75, 3.05) is 26.0 Å². The molecule has 0 fully saturated rings. The van der Waals surface area contributed by atoms with Crippen LogP contribution in [0.25, 0.3) is 17.1 Å². The fourth-order valence-electron chi connectivity index (χ4n) is 3.48. The Balaban J connectivity index is 1.56. The summed E-state index contributed by atoms with van der Waals surface area (Å²) in [6, 6.07) is 21.7. The Morgan fingerprint density at radius 2 is 1.79 bits per heavy atom. The van der Waals surface area contributed by atoms with Gasteiger partial charge in [-0.2, -0.15) is 0 Å². The zero-order chi connectivity index (χ0) is 23.0. The van der Waals surface area contributed by atoms with Gasteiger partial charge in [-0.25, -0.2) is 0 Å². The lowest BCUT2D eigenvalue weighted by Gasteiger charge is -2.22. The number of thioether (sulfide) groups is 1. The number of aromatic nitrogens is 3. The van der Waals surface area contributed by atoms with Gasteiger partial charge in [0.1, 0.15) is 5.76 Å². The van der Waals surface area contributed by atoms with E-state index in [4.69, 9.17) is 9.15 Å². The molecule has 170 valence electrons. The summed E-state index contributed by atoms with van der Waals surface area (Å²) < 4.78 is 12.7. The number of hydrogen-bond acceptors (Lipinski definition) is 6. The van der Waals surface area contributed by atoms with Crippen LogP contribution in [0.5, 0.6) is 0 Å². The second kappa shape index (κ2) is 11.0. The van der Waals surface area contributed by atoms with E-state index in [0.29, 0.717) is 30.7 Å². The Bertz CT molecular complexity index is 1170. The molecule has 0 spiro atoms. The van der Waals surface area contributed by atoms with Gasteiger partial charge in [0, 0.05) is 25.9 Å². The molecule has 2 aromatic heterocycles. The van der Waals surface area contributed by atoms with Crippen molar-refractivity contribution < 1.29 is 13.9 Å². The molecular formula is C25H26N4O3S. The van der Waals surface area contributed by atoms with Crippen LogP contribution in [0.1, 0.15) is 11.3 Å². The molecule has 2 heterocycles. The van der Waals surface area contributed by atoms with Crippen molar-refractivity contribution in [2.45, 2.75) is 18.6 Å². The van der Waals surface area contributed by atoms with E-state index < -0.39 is 0 Å². The van der Waals surface area contributed by atoms with Gasteiger partial charge >= 0.3 is 0 Å². The molecule has 0 saturated heterocycles. The first-order valence-corrected chi connectivity index (χ1v) is 11.6. The van der Waals surface area contributed by atoms with Crippen molar-refractivity contribution in [3.8, 4) is 17.1 Å². The van der Waals surface area contributed by atoms with Gasteiger partial charge in [-0.15, -0.1) is 10.2 Å². The van der Waals surface area contributed by atoms with Crippen LogP contribution in [0.3, 0.4) is 0 Å². The van der Waals surface area contributed by atoms with Crippen molar-refractivity contribution in [1.82, 2.24) is 19.7 Å². The average molecular weight is 463 g/mol. The van der Waals surface area contributed by atoms with Gasteiger partial charge in [0.25, 0.3) is 0 Å². The number of carbonyl (C=O) groups is 1. The van der Waals surface area contributed by atoms with Crippen molar-refractivity contribution in [2.24, 2.45) is 0 Å². The fraction of sp³-hybridized carbons (Fsp3) is 0.240. The predicted molar refractivity (Wildman–Crippen MR) is 128 cm³/mol. The normalized spacial score (nSPS) is 11.0. The first-order valence-electron chi connectivity index (χ1n) is 10.7. The number of methoxy groups -OCH3 is 1. The minimum absolute atomic E-state index is 0.0181. The number of ether oxygens (including phenoxy) is 1. The van der Waals surface area contributed by atoms with Crippen LogP contribution < -0.4 is 0 Å². The first kappa shape index (κ1) is 22.8. The molecule has 7 nitrogen and oxygen atoms in total. The zero-order valence-electron chi connectivity index (χ0n) is 18.7. The summed E-state index contributed by atoms with van der Waals surface area (Å²) in [4.78, 5) is 15.0. The van der Waals surface area contributed by atoms with Gasteiger partial charge in [-0.05, 0) is 30.7 Å². The maximum absolute atomic E-state index is 13.1. The minimum atomic E-state index is 0.0181. The average Bonchev–Trinajstić information content (AvgIpc) is 3.47. The summed E-state index contributed by atoms with van der Waals surface area (Å²) in [7, 11) is 1.64. The Morgan fingerprint density at radius 3 is 2.45 bits per heavy atom. The standard InChI is InChI=1S/C25H26N4O3S/c1-19-22(13-15-32-19)24-26-27-25(29(24)21-11-7-4-8-12-21)33-18-23(30)28(14-16-31-2)17-20-9-5-3-6-10-20/h3-13,15H,14,16-18H2,1-2H3. The highest BCUT2D eigenvalue weighted by atomic mass is 32.2. The second-order valence-electron chi connectivity index (χ2n) is 7.45. The minimum Gasteiger partial charge on any atom is -0.469 e. The van der Waals surface area contributed by atoms with E-state index in [1.54, 1.807) is 13.4 Å². The predicted octanol–water partition coefficient (Wildman–Crippen LogP) is 4.60. The maximum atomic E-state index is 13.1. The van der Waals surface area contributed by atoms with E-state index in [0.717, 1.165) is 22.6 Å². The topological polar surface area (TPSA) is 73.4 Å². The van der Waals surface area contributed by atoms with Gasteiger partial charge in [-0.1, -0.05) is 60.3 Å². The van der Waals surface area contributed by atoms with E-state index >= 15 is 0 Å². The van der Waals surface area contributed by atoms with Crippen LogP contribution >= 0.6 is 11.8 Å². The van der Waals surface area contributed by atoms with Gasteiger partial charge in [0.05, 0.1) is 24.2 Å². The number of benzene rings is 2. The van der Waals surface area contributed by atoms with E-state index in [1.165, 1.54) is 11.8 Å². The number of aryl methyl sites for hydroxylation is 1. The number of rotatable bonds is 10. The highest BCUT2D eigenvalue weighted by Gasteiger charge is 2.21. The fourth-order valence-corrected chi connectivity index (χ4v) is 4.33. The lowest BCUT2D eigenvalue weighted by Crippen LogP contribution is -2.34. The molecule has 1 amide bonds. The molecule has 0 radical (unpaired) electrons. The van der Waals surface area contributed by atoms with E-state index in [2.05, 4.69) is 10.2 Å². The van der Waals surface area contributed by atoms with Crippen LogP contribution in [0.2, 0.25) is 0 Å². The van der Waals surface area contributed by atoms with Gasteiger partial charge in [-0.3, -0.25) is 9.36 Å². The second-order valence-corrected chi connectivity index (χ2v) is 8.39. The Kier molecular flexibility index (Phi) is 7.59. The lowest BCUT2D eigenvalue weighted by molar-refractivity contribution is -0.129. The Labute approximate surface area is 197 Å². The van der Waals surface area contributed by atoms with Crippen molar-refractivity contribution in [1.29, 1.82) is 0 Å². The van der Waals surface area contributed by atoms with Crippen LogP contribution in [-0.2, 0) is 16.1 Å². The number of amides is 1. The smallest absolute Gasteiger partial charge is 0.233 e. The van der Waals surface area contributed by atoms with Gasteiger partial charge < -0.3 is 14.1 Å². The number of hydrogen-bond donors (Lipinski definition) is 0. The lowest BCUT2D eigenvalue weighted by atomic mass is 10.2. The third-order valence-corrected chi connectivity index (χ3v) is 6.12. The maximum Gasteiger partial charge on any atom is 0.233 e. The summed E-state index contributed by atoms with van der Waals surface area (Å²) in [6.07, 6.45) is 1.64. The number of nitrogens with zero attached hydrogens (tertiary/aromatic N) is 4. The summed E-state index contributed by atoms with van der Waals surface area (Å²) >= 11 is 1.37. The molecule has 8 heteroatoms. The summed E-state index contributed by atoms with van der Waals surface area (Å²) in [5.74, 6) is 1.71. The quantitative estimate of drug-likeness (QED) is 0.321. The first-order chi connectivity index (χ1) is 16.2. The highest BCUT2D eigenvalue weighted by molar-refractivity contribution is 7.99. The summed E-state index contributed by atoms with van der Waals surface area (Å²) in [6.45, 7) is 3.43. The van der Waals surface area contributed by atoms with E-state index in [-0.39, 0.29) is 11.7 Å². The molecule has 0 aliphatic heterocycles. The van der Waals surface area contributed by atoms with Crippen molar-refractivity contribution in [3.63, 3.8) is 0 Å². The molecule has 0 aliphatic carbocycles. The van der Waals surface area contributed by atoms with Crippen molar-refractivity contribution in [3.05, 3.63) is 84.3 Å². The molecule has 33 heavy (non-hydrogen) atoms. The monoisotopic (exact) mass is 462 g/mol. The molecule has 4 rings (SSSR count). The highest BCUT2D eigenvalue weighted by Crippen LogP contribution is 2.30. The zero-order valence-corrected chi connectivity index (χ0v) is 19.5. The molecular weight excluding hydrogens is 436 g/mol. The van der Waals surface area contributed by atoms with E-state index in [1.807, 2.05) is 83.1 Å². The third-order valence-electron chi connectivity index (χ3n) is 5.21. The van der Waals surface area contributed by atoms with Crippen LogP contribution in [0, 0.1) is 6.92 Å². The molecule has 0 aliphatic rings. The van der Waals surface area contributed by atoms with Crippen LogP contribution in [0.15, 0.2) is 82.6 Å². The summed E-state index contributed by atoms with van der Waals surface area (Å²) in [5, 5.41) is 9.48. The Morgan fingerprint density at radius 1 is 1.06 bits per heavy atom. The molecule has 0 N–H and O–H groups in total. The van der Waals surface area contributed by atoms with Crippen molar-refractivity contribution >= 4 is 17.7 Å². The summed E-state index contributed by atoms with van der Waals surface area (Å²) in [5.41, 5.74) is 2.88. The third kappa shape index (κ3) is 5.53. The number of para-hydroxylation sites is 1. The molecule has 0 atom stereocenters. The van der Waals surface area contributed by atoms with Crippen LogP contribution in [0.4, 0.5) is 0 Å². The molecule has 2 aromatic carbocycles. The Hall–Kier alpha value is -3.36. The SMILES string of the molecule is COCCN(Cc1ccccc1)C(=O)CSc1nnc(-c2ccoc2C)n1-c1ccccc1. The van der Waals surface area contributed by atoms with Crippen LogP contribution in [-0.4, -0.2) is 51.6 Å². The number of carbonyl (C=O) groups excluding carboxylic acids is 1. The number of furan rings is 1. The molecule has 0 bridgehead atoms. The molecule has 4 aromatic rings. The molecule has 0 saturated carbocycles. The molecule has 0 unspecified atom stereocenters. The van der Waals surface area contributed by atoms with E-state index in [9.17, 15) is 4.79 Å².